The Hall–Kier alpha value is -0.0500. The molecule has 0 spiro atoms. The average molecular weight is 305 g/mol. The van der Waals surface area contributed by atoms with Gasteiger partial charge in [-0.25, -0.2) is 0 Å². The maximum absolute atomic E-state index is 5.89. The Labute approximate surface area is 112 Å². The number of unbranched alkanes of at least 4 members (excludes halogenated alkanes) is 3. The molecule has 0 fully saturated rings. The molecule has 0 aliphatic carbocycles. The molecule has 1 aromatic carbocycles. The molecule has 0 saturated carbocycles. The molecule has 0 unspecified atom stereocenters. The van der Waals surface area contributed by atoms with Gasteiger partial charge in [0.2, 0.25) is 0 Å². The molecule has 0 saturated heterocycles. The van der Waals surface area contributed by atoms with Gasteiger partial charge in [-0.3, -0.25) is 0 Å². The highest BCUT2D eigenvalue weighted by atomic mass is 79.9. The van der Waals surface area contributed by atoms with Gasteiger partial charge in [-0.1, -0.05) is 59.8 Å². The van der Waals surface area contributed by atoms with Crippen LogP contribution in [0.25, 0.3) is 0 Å². The van der Waals surface area contributed by atoms with Crippen molar-refractivity contribution in [1.82, 2.24) is 5.32 Å². The molecule has 1 nitrogen and oxygen atoms in total. The van der Waals surface area contributed by atoms with E-state index in [4.69, 9.17) is 11.6 Å². The van der Waals surface area contributed by atoms with E-state index >= 15 is 0 Å². The number of halogens is 2. The lowest BCUT2D eigenvalue weighted by atomic mass is 10.2. The summed E-state index contributed by atoms with van der Waals surface area (Å²) in [6, 6.07) is 5.93. The molecule has 1 rings (SSSR count). The molecule has 0 bridgehead atoms. The predicted octanol–water partition coefficient (Wildman–Crippen LogP) is 4.77. The summed E-state index contributed by atoms with van der Waals surface area (Å²) in [5.41, 5.74) is 1.26. The third-order valence-corrected chi connectivity index (χ3v) is 3.51. The summed E-state index contributed by atoms with van der Waals surface area (Å²) >= 11 is 9.40. The molecule has 1 aromatic rings. The van der Waals surface area contributed by atoms with Crippen molar-refractivity contribution in [3.05, 3.63) is 33.3 Å². The highest BCUT2D eigenvalue weighted by Crippen LogP contribution is 2.21. The standard InChI is InChI=1S/C13H19BrClN/c1-2-3-4-5-8-16-10-11-6-7-12(15)9-13(11)14/h6-7,9,16H,2-5,8,10H2,1H3. The van der Waals surface area contributed by atoms with Crippen LogP contribution in [0.1, 0.15) is 38.2 Å². The fourth-order valence-electron chi connectivity index (χ4n) is 1.56. The molecular weight excluding hydrogens is 286 g/mol. The van der Waals surface area contributed by atoms with E-state index < -0.39 is 0 Å². The van der Waals surface area contributed by atoms with Gasteiger partial charge in [0.1, 0.15) is 0 Å². The van der Waals surface area contributed by atoms with Crippen molar-refractivity contribution in [3.63, 3.8) is 0 Å². The molecule has 0 heterocycles. The molecule has 0 aromatic heterocycles. The van der Waals surface area contributed by atoms with Crippen LogP contribution in [0, 0.1) is 0 Å². The van der Waals surface area contributed by atoms with Gasteiger partial charge < -0.3 is 5.32 Å². The third-order valence-electron chi connectivity index (χ3n) is 2.54. The van der Waals surface area contributed by atoms with Crippen LogP contribution in [0.15, 0.2) is 22.7 Å². The summed E-state index contributed by atoms with van der Waals surface area (Å²) in [5.74, 6) is 0. The van der Waals surface area contributed by atoms with Gasteiger partial charge in [0.15, 0.2) is 0 Å². The smallest absolute Gasteiger partial charge is 0.0417 e. The lowest BCUT2D eigenvalue weighted by Gasteiger charge is -2.07. The van der Waals surface area contributed by atoms with Gasteiger partial charge in [0.25, 0.3) is 0 Å². The van der Waals surface area contributed by atoms with E-state index in [-0.39, 0.29) is 0 Å². The van der Waals surface area contributed by atoms with Crippen LogP contribution in [0.4, 0.5) is 0 Å². The van der Waals surface area contributed by atoms with Gasteiger partial charge >= 0.3 is 0 Å². The van der Waals surface area contributed by atoms with Crippen LogP contribution in [0.2, 0.25) is 5.02 Å². The Morgan fingerprint density at radius 1 is 1.25 bits per heavy atom. The number of hydrogen-bond acceptors (Lipinski definition) is 1. The number of benzene rings is 1. The molecule has 0 aliphatic rings. The second-order valence-electron chi connectivity index (χ2n) is 3.97. The van der Waals surface area contributed by atoms with E-state index in [1.54, 1.807) is 0 Å². The van der Waals surface area contributed by atoms with Crippen molar-refractivity contribution in [2.45, 2.75) is 39.2 Å². The zero-order chi connectivity index (χ0) is 11.8. The number of rotatable bonds is 7. The normalized spacial score (nSPS) is 10.7. The first-order valence-corrected chi connectivity index (χ1v) is 7.05. The lowest BCUT2D eigenvalue weighted by Crippen LogP contribution is -2.14. The third kappa shape index (κ3) is 5.33. The SMILES string of the molecule is CCCCCCNCc1ccc(Cl)cc1Br. The first-order chi connectivity index (χ1) is 7.74. The molecule has 0 radical (unpaired) electrons. The fourth-order valence-corrected chi connectivity index (χ4v) is 2.39. The van der Waals surface area contributed by atoms with Gasteiger partial charge in [0, 0.05) is 16.0 Å². The van der Waals surface area contributed by atoms with E-state index in [0.717, 1.165) is 22.6 Å². The van der Waals surface area contributed by atoms with Gasteiger partial charge in [-0.05, 0) is 30.7 Å². The Morgan fingerprint density at radius 3 is 2.75 bits per heavy atom. The fraction of sp³-hybridized carbons (Fsp3) is 0.538. The number of nitrogens with one attached hydrogen (secondary N) is 1. The maximum atomic E-state index is 5.89. The van der Waals surface area contributed by atoms with E-state index in [1.807, 2.05) is 12.1 Å². The Balaban J connectivity index is 2.21. The van der Waals surface area contributed by atoms with Crippen LogP contribution in [0.3, 0.4) is 0 Å². The molecule has 0 amide bonds. The average Bonchev–Trinajstić information content (AvgIpc) is 2.26. The van der Waals surface area contributed by atoms with Crippen LogP contribution in [-0.2, 0) is 6.54 Å². The van der Waals surface area contributed by atoms with Crippen molar-refractivity contribution >= 4 is 27.5 Å². The molecule has 0 atom stereocenters. The second kappa shape index (κ2) is 8.10. The van der Waals surface area contributed by atoms with Gasteiger partial charge in [0.05, 0.1) is 0 Å². The largest absolute Gasteiger partial charge is 0.313 e. The zero-order valence-electron chi connectivity index (χ0n) is 9.73. The van der Waals surface area contributed by atoms with E-state index in [2.05, 4.69) is 34.2 Å². The highest BCUT2D eigenvalue weighted by Gasteiger charge is 1.99. The monoisotopic (exact) mass is 303 g/mol. The predicted molar refractivity (Wildman–Crippen MR) is 75.0 cm³/mol. The number of hydrogen-bond donors (Lipinski definition) is 1. The van der Waals surface area contributed by atoms with Crippen molar-refractivity contribution in [1.29, 1.82) is 0 Å². The van der Waals surface area contributed by atoms with Gasteiger partial charge in [-0.2, -0.15) is 0 Å². The topological polar surface area (TPSA) is 12.0 Å². The quantitative estimate of drug-likeness (QED) is 0.715. The lowest BCUT2D eigenvalue weighted by molar-refractivity contribution is 0.597. The Kier molecular flexibility index (Phi) is 7.10. The summed E-state index contributed by atoms with van der Waals surface area (Å²) < 4.78 is 1.08. The molecule has 1 N–H and O–H groups in total. The van der Waals surface area contributed by atoms with Crippen LogP contribution >= 0.6 is 27.5 Å². The van der Waals surface area contributed by atoms with Crippen molar-refractivity contribution < 1.29 is 0 Å². The summed E-state index contributed by atoms with van der Waals surface area (Å²) in [7, 11) is 0. The molecule has 3 heteroatoms. The van der Waals surface area contributed by atoms with E-state index in [1.165, 1.54) is 31.2 Å². The second-order valence-corrected chi connectivity index (χ2v) is 5.26. The minimum absolute atomic E-state index is 0.776. The first-order valence-electron chi connectivity index (χ1n) is 5.88. The van der Waals surface area contributed by atoms with Crippen LogP contribution < -0.4 is 5.32 Å². The zero-order valence-corrected chi connectivity index (χ0v) is 12.1. The van der Waals surface area contributed by atoms with Gasteiger partial charge in [-0.15, -0.1) is 0 Å². The van der Waals surface area contributed by atoms with Crippen molar-refractivity contribution in [2.24, 2.45) is 0 Å². The summed E-state index contributed by atoms with van der Waals surface area (Å²) in [6.07, 6.45) is 5.22. The summed E-state index contributed by atoms with van der Waals surface area (Å²) in [4.78, 5) is 0. The minimum Gasteiger partial charge on any atom is -0.313 e. The van der Waals surface area contributed by atoms with Crippen LogP contribution in [-0.4, -0.2) is 6.54 Å². The molecule has 16 heavy (non-hydrogen) atoms. The molecular formula is C13H19BrClN. The Morgan fingerprint density at radius 2 is 2.06 bits per heavy atom. The molecule has 0 aliphatic heterocycles. The highest BCUT2D eigenvalue weighted by molar-refractivity contribution is 9.10. The van der Waals surface area contributed by atoms with Crippen molar-refractivity contribution in [2.75, 3.05) is 6.54 Å². The Bertz CT molecular complexity index is 315. The first kappa shape index (κ1) is 14.0. The summed E-state index contributed by atoms with van der Waals surface area (Å²) in [6.45, 7) is 4.23. The maximum Gasteiger partial charge on any atom is 0.0417 e. The molecule has 90 valence electrons. The van der Waals surface area contributed by atoms with E-state index in [9.17, 15) is 0 Å². The summed E-state index contributed by atoms with van der Waals surface area (Å²) in [5, 5.41) is 4.22. The minimum atomic E-state index is 0.776. The van der Waals surface area contributed by atoms with Crippen molar-refractivity contribution in [3.8, 4) is 0 Å². The van der Waals surface area contributed by atoms with E-state index in [0.29, 0.717) is 0 Å². The van der Waals surface area contributed by atoms with Crippen LogP contribution in [0.5, 0.6) is 0 Å².